The van der Waals surface area contributed by atoms with Gasteiger partial charge in [0, 0.05) is 37.9 Å². The molecule has 0 radical (unpaired) electrons. The lowest BCUT2D eigenvalue weighted by Gasteiger charge is -2.37. The summed E-state index contributed by atoms with van der Waals surface area (Å²) in [5.41, 5.74) is 1.03. The highest BCUT2D eigenvalue weighted by Crippen LogP contribution is 2.39. The van der Waals surface area contributed by atoms with Crippen LogP contribution >= 0.6 is 0 Å². The number of hydrogen-bond donors (Lipinski definition) is 0. The van der Waals surface area contributed by atoms with Crippen LogP contribution in [0, 0.1) is 6.92 Å². The average Bonchev–Trinajstić information content (AvgIpc) is 3.07. The van der Waals surface area contributed by atoms with E-state index in [1.54, 1.807) is 10.9 Å². The molecule has 1 aliphatic heterocycles. The monoisotopic (exact) mass is 336 g/mol. The molecule has 2 aromatic heterocycles. The van der Waals surface area contributed by atoms with Crippen LogP contribution in [-0.2, 0) is 16.6 Å². The predicted octanol–water partition coefficient (Wildman–Crippen LogP) is 0.926. The Morgan fingerprint density at radius 2 is 2.00 bits per heavy atom. The fourth-order valence-electron chi connectivity index (χ4n) is 2.87. The lowest BCUT2D eigenvalue weighted by molar-refractivity contribution is 0.188. The Bertz CT molecular complexity index is 829. The molecule has 8 nitrogen and oxygen atoms in total. The summed E-state index contributed by atoms with van der Waals surface area (Å²) in [6.45, 7) is 5.34. The predicted molar refractivity (Wildman–Crippen MR) is 82.4 cm³/mol. The number of nitrogens with zero attached hydrogens (tertiary/aromatic N) is 6. The van der Waals surface area contributed by atoms with Crippen LogP contribution in [0.15, 0.2) is 17.4 Å². The molecule has 0 spiro atoms. The van der Waals surface area contributed by atoms with Crippen molar-refractivity contribution in [2.45, 2.75) is 50.2 Å². The highest BCUT2D eigenvalue weighted by molar-refractivity contribution is 7.89. The van der Waals surface area contributed by atoms with Crippen molar-refractivity contribution in [1.82, 2.24) is 28.9 Å². The zero-order chi connectivity index (χ0) is 16.2. The minimum atomic E-state index is -3.51. The van der Waals surface area contributed by atoms with Crippen LogP contribution in [-0.4, -0.2) is 50.4 Å². The van der Waals surface area contributed by atoms with Gasteiger partial charge in [-0.05, 0) is 26.7 Å². The van der Waals surface area contributed by atoms with E-state index in [0.717, 1.165) is 5.69 Å². The van der Waals surface area contributed by atoms with Gasteiger partial charge in [-0.3, -0.25) is 0 Å². The Balaban J connectivity index is 1.47. The Kier molecular flexibility index (Phi) is 3.31. The molecule has 0 unspecified atom stereocenters. The largest absolute Gasteiger partial charge is 0.334 e. The minimum Gasteiger partial charge on any atom is -0.334 e. The van der Waals surface area contributed by atoms with Gasteiger partial charge < -0.3 is 4.57 Å². The minimum absolute atomic E-state index is 0.0686. The molecule has 0 atom stereocenters. The summed E-state index contributed by atoms with van der Waals surface area (Å²) < 4.78 is 30.3. The van der Waals surface area contributed by atoms with E-state index < -0.39 is 10.0 Å². The van der Waals surface area contributed by atoms with E-state index in [4.69, 9.17) is 0 Å². The highest BCUT2D eigenvalue weighted by Gasteiger charge is 2.40. The molecule has 124 valence electrons. The maximum atomic E-state index is 12.6. The SMILES string of the molecule is CCn1cc(S(=O)(=O)N2CC(n3cc(C4CC4)nn3)C2)nc1C. The molecule has 2 aliphatic rings. The third kappa shape index (κ3) is 2.47. The first kappa shape index (κ1) is 14.8. The van der Waals surface area contributed by atoms with Crippen molar-refractivity contribution in [2.24, 2.45) is 0 Å². The van der Waals surface area contributed by atoms with Crippen LogP contribution in [0.2, 0.25) is 0 Å². The van der Waals surface area contributed by atoms with Gasteiger partial charge in [0.05, 0.1) is 11.7 Å². The molecule has 1 aliphatic carbocycles. The first-order valence-corrected chi connectivity index (χ1v) is 9.38. The fourth-order valence-corrected chi connectivity index (χ4v) is 4.38. The molecular weight excluding hydrogens is 316 g/mol. The van der Waals surface area contributed by atoms with Crippen molar-refractivity contribution in [2.75, 3.05) is 13.1 Å². The van der Waals surface area contributed by atoms with Gasteiger partial charge in [0.15, 0.2) is 5.03 Å². The summed E-state index contributed by atoms with van der Waals surface area (Å²) in [5.74, 6) is 1.28. The molecule has 0 aromatic carbocycles. The van der Waals surface area contributed by atoms with E-state index in [2.05, 4.69) is 15.3 Å². The fraction of sp³-hybridized carbons (Fsp3) is 0.643. The van der Waals surface area contributed by atoms with Crippen LogP contribution in [0.25, 0.3) is 0 Å². The first-order valence-electron chi connectivity index (χ1n) is 7.94. The van der Waals surface area contributed by atoms with Crippen LogP contribution in [0.3, 0.4) is 0 Å². The molecule has 4 rings (SSSR count). The molecule has 2 aromatic rings. The standard InChI is InChI=1S/C14H20N6O2S/c1-3-18-9-14(15-10(18)2)23(21,22)19-6-12(7-19)20-8-13(16-17-20)11-4-5-11/h8-9,11-12H,3-7H2,1-2H3. The van der Waals surface area contributed by atoms with Crippen LogP contribution < -0.4 is 0 Å². The summed E-state index contributed by atoms with van der Waals surface area (Å²) in [5, 5.41) is 8.46. The van der Waals surface area contributed by atoms with E-state index >= 15 is 0 Å². The molecule has 1 saturated carbocycles. The smallest absolute Gasteiger partial charge is 0.262 e. The van der Waals surface area contributed by atoms with Crippen LogP contribution in [0.1, 0.15) is 43.2 Å². The molecule has 3 heterocycles. The molecule has 1 saturated heterocycles. The van der Waals surface area contributed by atoms with Gasteiger partial charge in [0.25, 0.3) is 10.0 Å². The number of aromatic nitrogens is 5. The van der Waals surface area contributed by atoms with E-state index in [1.165, 1.54) is 17.1 Å². The molecule has 2 fully saturated rings. The Morgan fingerprint density at radius 1 is 1.26 bits per heavy atom. The number of rotatable bonds is 5. The third-order valence-corrected chi connectivity index (χ3v) is 6.33. The average molecular weight is 336 g/mol. The van der Waals surface area contributed by atoms with Crippen molar-refractivity contribution in [3.8, 4) is 0 Å². The lowest BCUT2D eigenvalue weighted by atomic mass is 10.2. The maximum absolute atomic E-state index is 12.6. The summed E-state index contributed by atoms with van der Waals surface area (Å²) in [6, 6.07) is 0.0686. The molecule has 0 amide bonds. The Hall–Kier alpha value is -1.74. The van der Waals surface area contributed by atoms with Gasteiger partial charge in [0.1, 0.15) is 5.82 Å². The van der Waals surface area contributed by atoms with Gasteiger partial charge >= 0.3 is 0 Å². The first-order chi connectivity index (χ1) is 11.0. The summed E-state index contributed by atoms with van der Waals surface area (Å²) >= 11 is 0. The van der Waals surface area contributed by atoms with E-state index in [-0.39, 0.29) is 11.1 Å². The van der Waals surface area contributed by atoms with Gasteiger partial charge in [-0.15, -0.1) is 5.10 Å². The second-order valence-electron chi connectivity index (χ2n) is 6.29. The summed E-state index contributed by atoms with van der Waals surface area (Å²) in [7, 11) is -3.51. The zero-order valence-electron chi connectivity index (χ0n) is 13.3. The summed E-state index contributed by atoms with van der Waals surface area (Å²) in [6.07, 6.45) is 5.94. The van der Waals surface area contributed by atoms with Crippen molar-refractivity contribution >= 4 is 10.0 Å². The molecule has 0 N–H and O–H groups in total. The molecular formula is C14H20N6O2S. The molecule has 23 heavy (non-hydrogen) atoms. The second kappa shape index (κ2) is 5.13. The van der Waals surface area contributed by atoms with Crippen molar-refractivity contribution in [1.29, 1.82) is 0 Å². The maximum Gasteiger partial charge on any atom is 0.262 e. The molecule has 9 heteroatoms. The van der Waals surface area contributed by atoms with Crippen LogP contribution in [0.4, 0.5) is 0 Å². The highest BCUT2D eigenvalue weighted by atomic mass is 32.2. The zero-order valence-corrected chi connectivity index (χ0v) is 14.1. The topological polar surface area (TPSA) is 85.9 Å². The van der Waals surface area contributed by atoms with Crippen molar-refractivity contribution in [3.05, 3.63) is 23.9 Å². The molecule has 0 bridgehead atoms. The number of sulfonamides is 1. The van der Waals surface area contributed by atoms with E-state index in [1.807, 2.05) is 24.6 Å². The van der Waals surface area contributed by atoms with E-state index in [9.17, 15) is 8.42 Å². The van der Waals surface area contributed by atoms with Crippen molar-refractivity contribution < 1.29 is 8.42 Å². The van der Waals surface area contributed by atoms with Gasteiger partial charge in [-0.2, -0.15) is 4.31 Å². The normalized spacial score (nSPS) is 19.9. The number of hydrogen-bond acceptors (Lipinski definition) is 5. The van der Waals surface area contributed by atoms with E-state index in [0.29, 0.717) is 31.4 Å². The van der Waals surface area contributed by atoms with Gasteiger partial charge in [-0.1, -0.05) is 5.21 Å². The number of aryl methyl sites for hydroxylation is 2. The lowest BCUT2D eigenvalue weighted by Crippen LogP contribution is -2.50. The van der Waals surface area contributed by atoms with Crippen molar-refractivity contribution in [3.63, 3.8) is 0 Å². The Labute approximate surface area is 135 Å². The van der Waals surface area contributed by atoms with Gasteiger partial charge in [0.2, 0.25) is 0 Å². The second-order valence-corrected chi connectivity index (χ2v) is 8.17. The third-order valence-electron chi connectivity index (χ3n) is 4.63. The number of imidazole rings is 1. The van der Waals surface area contributed by atoms with Crippen LogP contribution in [0.5, 0.6) is 0 Å². The Morgan fingerprint density at radius 3 is 2.61 bits per heavy atom. The quantitative estimate of drug-likeness (QED) is 0.810. The van der Waals surface area contributed by atoms with Gasteiger partial charge in [-0.25, -0.2) is 18.1 Å². The summed E-state index contributed by atoms with van der Waals surface area (Å²) in [4.78, 5) is 4.19.